The normalized spacial score (nSPS) is 11.5. The van der Waals surface area contributed by atoms with Crippen LogP contribution in [0.4, 0.5) is 13.2 Å². The molecule has 4 rings (SSSR count). The van der Waals surface area contributed by atoms with Gasteiger partial charge in [-0.05, 0) is 23.8 Å². The van der Waals surface area contributed by atoms with Gasteiger partial charge in [0.15, 0.2) is 0 Å². The molecule has 0 saturated carbocycles. The highest BCUT2D eigenvalue weighted by atomic mass is 19.3. The minimum Gasteiger partial charge on any atom is -0.364 e. The summed E-state index contributed by atoms with van der Waals surface area (Å²) in [6.45, 7) is 0.386. The minimum absolute atomic E-state index is 0.386. The summed E-state index contributed by atoms with van der Waals surface area (Å²) in [6.07, 6.45) is 1.74. The molecule has 25 heavy (non-hydrogen) atoms. The van der Waals surface area contributed by atoms with Crippen molar-refractivity contribution in [2.45, 2.75) is 13.0 Å². The van der Waals surface area contributed by atoms with Crippen molar-refractivity contribution in [1.82, 2.24) is 19.9 Å². The summed E-state index contributed by atoms with van der Waals surface area (Å²) in [5.41, 5.74) is 2.48. The van der Waals surface area contributed by atoms with E-state index < -0.39 is 17.8 Å². The molecule has 0 unspecified atom stereocenters. The van der Waals surface area contributed by atoms with Gasteiger partial charge in [0, 0.05) is 17.8 Å². The van der Waals surface area contributed by atoms with Gasteiger partial charge in [0.05, 0.1) is 23.8 Å². The van der Waals surface area contributed by atoms with Crippen LogP contribution in [-0.4, -0.2) is 19.9 Å². The molecule has 5 nitrogen and oxygen atoms in total. The third-order valence-electron chi connectivity index (χ3n) is 3.86. The van der Waals surface area contributed by atoms with Gasteiger partial charge in [-0.1, -0.05) is 11.2 Å². The minimum atomic E-state index is -2.88. The summed E-state index contributed by atoms with van der Waals surface area (Å²) in [7, 11) is 0. The largest absolute Gasteiger partial charge is 0.364 e. The molecule has 4 aromatic rings. The molecular formula is C17H11F3N4O. The standard InChI is InChI=1S/C17H11F3N4O/c18-14-2-1-10(5-13(14)17(19)20)11-6-16-15(21-7-11)8-22-24(16)9-12-3-4-25-23-12/h1-8,17H,9H2. The van der Waals surface area contributed by atoms with Crippen molar-refractivity contribution in [3.63, 3.8) is 0 Å². The Hall–Kier alpha value is -3.16. The Bertz CT molecular complexity index is 1030. The fourth-order valence-electron chi connectivity index (χ4n) is 2.60. The Kier molecular flexibility index (Phi) is 3.72. The van der Waals surface area contributed by atoms with Crippen LogP contribution in [-0.2, 0) is 6.54 Å². The molecule has 8 heteroatoms. The molecule has 0 atom stereocenters. The number of hydrogen-bond donors (Lipinski definition) is 0. The summed E-state index contributed by atoms with van der Waals surface area (Å²) in [5, 5.41) is 8.10. The van der Waals surface area contributed by atoms with Gasteiger partial charge < -0.3 is 4.52 Å². The number of benzene rings is 1. The molecule has 1 aromatic carbocycles. The van der Waals surface area contributed by atoms with E-state index in [2.05, 4.69) is 15.2 Å². The molecule has 0 spiro atoms. The van der Waals surface area contributed by atoms with Crippen LogP contribution < -0.4 is 0 Å². The van der Waals surface area contributed by atoms with Crippen LogP contribution in [0.2, 0.25) is 0 Å². The lowest BCUT2D eigenvalue weighted by Crippen LogP contribution is -2.01. The van der Waals surface area contributed by atoms with E-state index in [1.165, 1.54) is 12.3 Å². The van der Waals surface area contributed by atoms with Crippen LogP contribution in [0, 0.1) is 5.82 Å². The maximum Gasteiger partial charge on any atom is 0.266 e. The molecule has 0 fully saturated rings. The molecule has 126 valence electrons. The first-order chi connectivity index (χ1) is 12.1. The van der Waals surface area contributed by atoms with Gasteiger partial charge in [-0.15, -0.1) is 0 Å². The predicted octanol–water partition coefficient (Wildman–Crippen LogP) is 4.21. The lowest BCUT2D eigenvalue weighted by Gasteiger charge is -2.07. The Morgan fingerprint density at radius 1 is 1.08 bits per heavy atom. The fourth-order valence-corrected chi connectivity index (χ4v) is 2.60. The molecule has 0 aliphatic heterocycles. The van der Waals surface area contributed by atoms with Gasteiger partial charge in [-0.25, -0.2) is 13.2 Å². The van der Waals surface area contributed by atoms with Crippen LogP contribution in [0.5, 0.6) is 0 Å². The van der Waals surface area contributed by atoms with E-state index >= 15 is 0 Å². The number of nitrogens with zero attached hydrogens (tertiary/aromatic N) is 4. The van der Waals surface area contributed by atoms with Crippen LogP contribution in [0.1, 0.15) is 17.7 Å². The SMILES string of the molecule is Fc1ccc(-c2cnc3cnn(Cc4ccon4)c3c2)cc1C(F)F. The Morgan fingerprint density at radius 2 is 1.96 bits per heavy atom. The second-order valence-corrected chi connectivity index (χ2v) is 5.46. The monoisotopic (exact) mass is 344 g/mol. The topological polar surface area (TPSA) is 56.7 Å². The lowest BCUT2D eigenvalue weighted by molar-refractivity contribution is 0.146. The van der Waals surface area contributed by atoms with Crippen LogP contribution >= 0.6 is 0 Å². The highest BCUT2D eigenvalue weighted by Gasteiger charge is 2.15. The highest BCUT2D eigenvalue weighted by molar-refractivity contribution is 5.80. The van der Waals surface area contributed by atoms with Gasteiger partial charge in [0.2, 0.25) is 0 Å². The number of rotatable bonds is 4. The summed E-state index contributed by atoms with van der Waals surface area (Å²) < 4.78 is 45.8. The average Bonchev–Trinajstić information content (AvgIpc) is 3.25. The van der Waals surface area contributed by atoms with Crippen molar-refractivity contribution in [2.75, 3.05) is 0 Å². The van der Waals surface area contributed by atoms with E-state index in [1.807, 2.05) is 0 Å². The third-order valence-corrected chi connectivity index (χ3v) is 3.86. The fraction of sp³-hybridized carbons (Fsp3) is 0.118. The molecule has 0 aliphatic rings. The first-order valence-electron chi connectivity index (χ1n) is 7.40. The molecule has 0 aliphatic carbocycles. The Balaban J connectivity index is 1.77. The van der Waals surface area contributed by atoms with Crippen LogP contribution in [0.3, 0.4) is 0 Å². The van der Waals surface area contributed by atoms with E-state index in [0.717, 1.165) is 12.1 Å². The maximum atomic E-state index is 13.5. The zero-order valence-corrected chi connectivity index (χ0v) is 12.7. The molecule has 0 N–H and O–H groups in total. The molecule has 3 aromatic heterocycles. The third kappa shape index (κ3) is 2.86. The second-order valence-electron chi connectivity index (χ2n) is 5.46. The number of fused-ring (bicyclic) bond motifs is 1. The van der Waals surface area contributed by atoms with Crippen LogP contribution in [0.25, 0.3) is 22.2 Å². The molecule has 0 saturated heterocycles. The van der Waals surface area contributed by atoms with Gasteiger partial charge in [-0.3, -0.25) is 9.67 Å². The summed E-state index contributed by atoms with van der Waals surface area (Å²) in [6, 6.07) is 7.12. The smallest absolute Gasteiger partial charge is 0.266 e. The molecule has 0 amide bonds. The van der Waals surface area contributed by atoms with Crippen molar-refractivity contribution in [2.24, 2.45) is 0 Å². The van der Waals surface area contributed by atoms with Crippen molar-refractivity contribution in [1.29, 1.82) is 0 Å². The second kappa shape index (κ2) is 6.04. The number of pyridine rings is 1. The summed E-state index contributed by atoms with van der Waals surface area (Å²) in [5.74, 6) is -0.927. The van der Waals surface area contributed by atoms with Gasteiger partial charge >= 0.3 is 0 Å². The van der Waals surface area contributed by atoms with E-state index in [0.29, 0.717) is 34.4 Å². The Labute approximate surface area is 139 Å². The summed E-state index contributed by atoms with van der Waals surface area (Å²) in [4.78, 5) is 4.30. The van der Waals surface area contributed by atoms with E-state index in [-0.39, 0.29) is 0 Å². The number of alkyl halides is 2. The number of halogens is 3. The maximum absolute atomic E-state index is 13.5. The summed E-state index contributed by atoms with van der Waals surface area (Å²) >= 11 is 0. The first kappa shape index (κ1) is 15.4. The van der Waals surface area contributed by atoms with Crippen molar-refractivity contribution in [3.05, 3.63) is 66.1 Å². The van der Waals surface area contributed by atoms with Crippen molar-refractivity contribution >= 4 is 11.0 Å². The van der Waals surface area contributed by atoms with Gasteiger partial charge in [0.1, 0.15) is 23.3 Å². The van der Waals surface area contributed by atoms with Crippen LogP contribution in [0.15, 0.2) is 53.5 Å². The molecule has 0 bridgehead atoms. The number of hydrogen-bond acceptors (Lipinski definition) is 4. The number of aromatic nitrogens is 4. The molecule has 0 radical (unpaired) electrons. The van der Waals surface area contributed by atoms with Crippen molar-refractivity contribution in [3.8, 4) is 11.1 Å². The molecule has 3 heterocycles. The van der Waals surface area contributed by atoms with E-state index in [9.17, 15) is 13.2 Å². The lowest BCUT2D eigenvalue weighted by atomic mass is 10.0. The average molecular weight is 344 g/mol. The predicted molar refractivity (Wildman–Crippen MR) is 83.5 cm³/mol. The first-order valence-corrected chi connectivity index (χ1v) is 7.40. The van der Waals surface area contributed by atoms with E-state index in [4.69, 9.17) is 4.52 Å². The highest BCUT2D eigenvalue weighted by Crippen LogP contribution is 2.29. The Morgan fingerprint density at radius 3 is 2.72 bits per heavy atom. The molecular weight excluding hydrogens is 333 g/mol. The van der Waals surface area contributed by atoms with Gasteiger partial charge in [0.25, 0.3) is 6.43 Å². The van der Waals surface area contributed by atoms with E-state index in [1.54, 1.807) is 29.2 Å². The zero-order chi connectivity index (χ0) is 17.4. The zero-order valence-electron chi connectivity index (χ0n) is 12.7. The quantitative estimate of drug-likeness (QED) is 0.556. The van der Waals surface area contributed by atoms with Crippen molar-refractivity contribution < 1.29 is 17.7 Å². The van der Waals surface area contributed by atoms with Gasteiger partial charge in [-0.2, -0.15) is 5.10 Å².